The summed E-state index contributed by atoms with van der Waals surface area (Å²) in [5, 5.41) is 1.48. The molecule has 1 aromatic carbocycles. The van der Waals surface area contributed by atoms with Gasteiger partial charge in [0.05, 0.1) is 19.3 Å². The summed E-state index contributed by atoms with van der Waals surface area (Å²) in [7, 11) is 0. The van der Waals surface area contributed by atoms with Crippen molar-refractivity contribution >= 4 is 16.8 Å². The van der Waals surface area contributed by atoms with Crippen LogP contribution in [0.25, 0.3) is 10.9 Å². The second kappa shape index (κ2) is 8.25. The molecule has 2 aliphatic heterocycles. The number of fused-ring (bicyclic) bond motifs is 3. The SMILES string of the molecule is O=C(C[NH+]1CCOCC1)N1CCn2c3c(c4cc(C5CCCCC5)ccc42)CCC[C@H]31. The number of rotatable bonds is 3. The van der Waals surface area contributed by atoms with Crippen molar-refractivity contribution in [1.29, 1.82) is 0 Å². The van der Waals surface area contributed by atoms with Crippen LogP contribution in [-0.2, 0) is 22.5 Å². The van der Waals surface area contributed by atoms with Gasteiger partial charge in [-0.15, -0.1) is 0 Å². The molecule has 31 heavy (non-hydrogen) atoms. The van der Waals surface area contributed by atoms with Crippen LogP contribution in [0.3, 0.4) is 0 Å². The van der Waals surface area contributed by atoms with Crippen molar-refractivity contribution < 1.29 is 14.4 Å². The number of quaternary nitrogens is 1. The van der Waals surface area contributed by atoms with Crippen molar-refractivity contribution in [2.24, 2.45) is 0 Å². The molecule has 1 saturated carbocycles. The molecule has 2 aliphatic carbocycles. The second-order valence-corrected chi connectivity index (χ2v) is 10.2. The fraction of sp³-hybridized carbons (Fsp3) is 0.654. The Kier molecular flexibility index (Phi) is 5.27. The molecular weight excluding hydrogens is 386 g/mol. The monoisotopic (exact) mass is 422 g/mol. The van der Waals surface area contributed by atoms with Crippen LogP contribution in [0.1, 0.15) is 73.7 Å². The number of nitrogens with one attached hydrogen (secondary N) is 1. The van der Waals surface area contributed by atoms with Gasteiger partial charge in [-0.25, -0.2) is 0 Å². The third-order valence-corrected chi connectivity index (χ3v) is 8.40. The average molecular weight is 423 g/mol. The molecule has 0 spiro atoms. The van der Waals surface area contributed by atoms with Crippen LogP contribution < -0.4 is 4.90 Å². The Labute approximate surface area is 185 Å². The summed E-state index contributed by atoms with van der Waals surface area (Å²) in [5.74, 6) is 1.09. The predicted octanol–water partition coefficient (Wildman–Crippen LogP) is 2.82. The zero-order chi connectivity index (χ0) is 20.8. The van der Waals surface area contributed by atoms with Gasteiger partial charge in [0.2, 0.25) is 0 Å². The summed E-state index contributed by atoms with van der Waals surface area (Å²) in [6.45, 7) is 5.91. The first-order valence-corrected chi connectivity index (χ1v) is 12.7. The highest BCUT2D eigenvalue weighted by Crippen LogP contribution is 2.44. The predicted molar refractivity (Wildman–Crippen MR) is 122 cm³/mol. The summed E-state index contributed by atoms with van der Waals surface area (Å²) in [6.07, 6.45) is 10.3. The van der Waals surface area contributed by atoms with Gasteiger partial charge in [0, 0.05) is 29.7 Å². The topological polar surface area (TPSA) is 38.9 Å². The van der Waals surface area contributed by atoms with Gasteiger partial charge >= 0.3 is 0 Å². The number of aromatic nitrogens is 1. The van der Waals surface area contributed by atoms with Gasteiger partial charge in [-0.3, -0.25) is 4.79 Å². The van der Waals surface area contributed by atoms with E-state index >= 15 is 0 Å². The Morgan fingerprint density at radius 3 is 2.71 bits per heavy atom. The van der Waals surface area contributed by atoms with Crippen molar-refractivity contribution in [3.63, 3.8) is 0 Å². The molecule has 0 radical (unpaired) electrons. The maximum absolute atomic E-state index is 13.3. The smallest absolute Gasteiger partial charge is 0.278 e. The fourth-order valence-corrected chi connectivity index (χ4v) is 6.76. The standard InChI is InChI=1S/C26H35N3O2/c30-25(18-27-13-15-31-16-14-27)28-11-12-29-23-10-9-20(19-5-2-1-3-6-19)17-22(23)21-7-4-8-24(28)26(21)29/h9-10,17,19,24H,1-8,11-16,18H2/p+1/t24-/m1/s1. The molecule has 5 nitrogen and oxygen atoms in total. The minimum atomic E-state index is 0.274. The quantitative estimate of drug-likeness (QED) is 0.826. The van der Waals surface area contributed by atoms with E-state index in [1.165, 1.54) is 66.4 Å². The lowest BCUT2D eigenvalue weighted by molar-refractivity contribution is -0.900. The van der Waals surface area contributed by atoms with Crippen LogP contribution >= 0.6 is 0 Å². The Morgan fingerprint density at radius 2 is 1.87 bits per heavy atom. The molecule has 1 atom stereocenters. The van der Waals surface area contributed by atoms with Crippen molar-refractivity contribution in [1.82, 2.24) is 9.47 Å². The first kappa shape index (κ1) is 19.8. The van der Waals surface area contributed by atoms with Gasteiger partial charge < -0.3 is 19.1 Å². The van der Waals surface area contributed by atoms with E-state index in [1.54, 1.807) is 11.1 Å². The van der Waals surface area contributed by atoms with E-state index in [0.717, 1.165) is 51.7 Å². The number of morpholine rings is 1. The van der Waals surface area contributed by atoms with Crippen LogP contribution in [0.2, 0.25) is 0 Å². The first-order chi connectivity index (χ1) is 15.3. The lowest BCUT2D eigenvalue weighted by Gasteiger charge is -2.40. The van der Waals surface area contributed by atoms with Crippen LogP contribution in [0.5, 0.6) is 0 Å². The third kappa shape index (κ3) is 3.50. The van der Waals surface area contributed by atoms with Gasteiger partial charge in [-0.1, -0.05) is 25.3 Å². The first-order valence-electron chi connectivity index (χ1n) is 12.7. The van der Waals surface area contributed by atoms with Crippen LogP contribution in [0.4, 0.5) is 0 Å². The van der Waals surface area contributed by atoms with Gasteiger partial charge in [0.25, 0.3) is 5.91 Å². The molecule has 6 rings (SSSR count). The zero-order valence-electron chi connectivity index (χ0n) is 18.7. The third-order valence-electron chi connectivity index (χ3n) is 8.40. The van der Waals surface area contributed by atoms with Crippen LogP contribution in [0.15, 0.2) is 18.2 Å². The molecular formula is C26H36N3O2+. The molecule has 5 heteroatoms. The molecule has 1 N–H and O–H groups in total. The van der Waals surface area contributed by atoms with Crippen molar-refractivity contribution in [2.45, 2.75) is 69.9 Å². The van der Waals surface area contributed by atoms with E-state index in [4.69, 9.17) is 4.74 Å². The number of ether oxygens (including phenoxy) is 1. The number of carbonyl (C=O) groups excluding carboxylic acids is 1. The lowest BCUT2D eigenvalue weighted by Crippen LogP contribution is -3.15. The molecule has 166 valence electrons. The second-order valence-electron chi connectivity index (χ2n) is 10.2. The summed E-state index contributed by atoms with van der Waals surface area (Å²) in [4.78, 5) is 16.9. The number of hydrogen-bond acceptors (Lipinski definition) is 2. The fourth-order valence-electron chi connectivity index (χ4n) is 6.76. The number of benzene rings is 1. The van der Waals surface area contributed by atoms with E-state index < -0.39 is 0 Å². The van der Waals surface area contributed by atoms with E-state index in [2.05, 4.69) is 27.7 Å². The summed E-state index contributed by atoms with van der Waals surface area (Å²) < 4.78 is 8.04. The molecule has 1 saturated heterocycles. The number of hydrogen-bond donors (Lipinski definition) is 1. The summed E-state index contributed by atoms with van der Waals surface area (Å²) >= 11 is 0. The summed E-state index contributed by atoms with van der Waals surface area (Å²) in [6, 6.07) is 7.60. The highest BCUT2D eigenvalue weighted by molar-refractivity contribution is 5.88. The van der Waals surface area contributed by atoms with Crippen molar-refractivity contribution in [3.05, 3.63) is 35.0 Å². The van der Waals surface area contributed by atoms with E-state index in [-0.39, 0.29) is 6.04 Å². The largest absolute Gasteiger partial charge is 0.370 e. The molecule has 3 heterocycles. The maximum atomic E-state index is 13.3. The Bertz CT molecular complexity index is 969. The van der Waals surface area contributed by atoms with Crippen molar-refractivity contribution in [3.8, 4) is 0 Å². The Morgan fingerprint density at radius 1 is 1.03 bits per heavy atom. The molecule has 2 aromatic rings. The molecule has 2 fully saturated rings. The van der Waals surface area contributed by atoms with E-state index in [9.17, 15) is 4.79 Å². The maximum Gasteiger partial charge on any atom is 0.278 e. The van der Waals surface area contributed by atoms with Crippen LogP contribution in [-0.4, -0.2) is 54.8 Å². The number of aryl methyl sites for hydroxylation is 1. The lowest BCUT2D eigenvalue weighted by atomic mass is 9.83. The van der Waals surface area contributed by atoms with Gasteiger partial charge in [0.1, 0.15) is 13.1 Å². The molecule has 0 unspecified atom stereocenters. The average Bonchev–Trinajstić information content (AvgIpc) is 3.15. The van der Waals surface area contributed by atoms with Gasteiger partial charge in [-0.05, 0) is 61.3 Å². The molecule has 1 amide bonds. The van der Waals surface area contributed by atoms with E-state index in [0.29, 0.717) is 12.5 Å². The Hall–Kier alpha value is -1.85. The number of amides is 1. The molecule has 1 aromatic heterocycles. The molecule has 0 bridgehead atoms. The molecule has 4 aliphatic rings. The van der Waals surface area contributed by atoms with E-state index in [1.807, 2.05) is 0 Å². The summed E-state index contributed by atoms with van der Waals surface area (Å²) in [5.41, 5.74) is 5.96. The zero-order valence-corrected chi connectivity index (χ0v) is 18.7. The van der Waals surface area contributed by atoms with Crippen molar-refractivity contribution in [2.75, 3.05) is 39.4 Å². The minimum Gasteiger partial charge on any atom is -0.370 e. The highest BCUT2D eigenvalue weighted by atomic mass is 16.5. The highest BCUT2D eigenvalue weighted by Gasteiger charge is 2.38. The number of carbonyl (C=O) groups is 1. The normalized spacial score (nSPS) is 25.0. The van der Waals surface area contributed by atoms with Gasteiger partial charge in [0.15, 0.2) is 6.54 Å². The van der Waals surface area contributed by atoms with Gasteiger partial charge in [-0.2, -0.15) is 0 Å². The number of nitrogens with zero attached hydrogens (tertiary/aromatic N) is 2. The Balaban J connectivity index is 1.31. The van der Waals surface area contributed by atoms with Crippen LogP contribution in [0, 0.1) is 0 Å². The minimum absolute atomic E-state index is 0.274.